The second-order valence-corrected chi connectivity index (χ2v) is 8.91. The fourth-order valence-corrected chi connectivity index (χ4v) is 4.80. The summed E-state index contributed by atoms with van der Waals surface area (Å²) in [6.45, 7) is 1.95. The first-order valence-electron chi connectivity index (χ1n) is 10.2. The third-order valence-corrected chi connectivity index (χ3v) is 6.65. The number of hydrogen-bond donors (Lipinski definition) is 0. The first kappa shape index (κ1) is 21.5. The van der Waals surface area contributed by atoms with Crippen LogP contribution < -0.4 is 0 Å². The number of ether oxygens (including phenoxy) is 1. The third-order valence-electron chi connectivity index (χ3n) is 4.97. The van der Waals surface area contributed by atoms with Crippen molar-refractivity contribution in [3.05, 3.63) is 102 Å². The summed E-state index contributed by atoms with van der Waals surface area (Å²) in [4.78, 5) is 16.5. The Bertz CT molecular complexity index is 1380. The van der Waals surface area contributed by atoms with Gasteiger partial charge in [0.15, 0.2) is 0 Å². The smallest absolute Gasteiger partial charge is 0.356 e. The number of rotatable bonds is 7. The topological polar surface area (TPSA) is 78.3 Å². The average molecular weight is 447 g/mol. The van der Waals surface area contributed by atoms with Crippen molar-refractivity contribution >= 4 is 33.0 Å². The number of nitrogens with zero attached hydrogens (tertiary/aromatic N) is 2. The Hall–Kier alpha value is -3.71. The second-order valence-electron chi connectivity index (χ2n) is 7.10. The van der Waals surface area contributed by atoms with Gasteiger partial charge in [0.2, 0.25) is 0 Å². The molecule has 162 valence electrons. The van der Waals surface area contributed by atoms with Gasteiger partial charge in [-0.1, -0.05) is 60.7 Å². The van der Waals surface area contributed by atoms with E-state index in [0.717, 1.165) is 5.56 Å². The molecule has 6 nitrogen and oxygen atoms in total. The minimum atomic E-state index is -3.84. The molecule has 7 heteroatoms. The van der Waals surface area contributed by atoms with Crippen LogP contribution in [0.4, 0.5) is 0 Å². The van der Waals surface area contributed by atoms with Crippen molar-refractivity contribution in [3.63, 3.8) is 0 Å². The molecule has 0 aliphatic heterocycles. The number of esters is 1. The van der Waals surface area contributed by atoms with Crippen molar-refractivity contribution in [1.82, 2.24) is 8.96 Å². The molecule has 0 saturated carbocycles. The number of carbonyl (C=O) groups excluding carboxylic acids is 1. The maximum Gasteiger partial charge on any atom is 0.356 e. The predicted molar refractivity (Wildman–Crippen MR) is 124 cm³/mol. The van der Waals surface area contributed by atoms with E-state index in [1.54, 1.807) is 49.5 Å². The van der Waals surface area contributed by atoms with E-state index in [9.17, 15) is 13.2 Å². The highest BCUT2D eigenvalue weighted by atomic mass is 32.2. The lowest BCUT2D eigenvalue weighted by atomic mass is 10.1. The normalized spacial score (nSPS) is 11.8. The quantitative estimate of drug-likeness (QED) is 0.384. The fraction of sp³-hybridized carbons (Fsp3) is 0.120. The van der Waals surface area contributed by atoms with Crippen LogP contribution in [0, 0.1) is 0 Å². The molecule has 4 aromatic rings. The van der Waals surface area contributed by atoms with Crippen LogP contribution in [0.15, 0.2) is 90.1 Å². The Balaban J connectivity index is 1.82. The van der Waals surface area contributed by atoms with Gasteiger partial charge in [0.05, 0.1) is 23.2 Å². The minimum absolute atomic E-state index is 0.131. The van der Waals surface area contributed by atoms with E-state index < -0.39 is 16.0 Å². The predicted octanol–water partition coefficient (Wildman–Crippen LogP) is 4.71. The highest BCUT2D eigenvalue weighted by Crippen LogP contribution is 2.27. The minimum Gasteiger partial charge on any atom is -0.461 e. The highest BCUT2D eigenvalue weighted by molar-refractivity contribution is 7.90. The van der Waals surface area contributed by atoms with Gasteiger partial charge in [-0.15, -0.1) is 0 Å². The number of carbonyl (C=O) groups is 1. The van der Waals surface area contributed by atoms with Crippen molar-refractivity contribution in [2.45, 2.75) is 18.2 Å². The summed E-state index contributed by atoms with van der Waals surface area (Å²) >= 11 is 0. The van der Waals surface area contributed by atoms with Gasteiger partial charge in [0.25, 0.3) is 10.0 Å². The van der Waals surface area contributed by atoms with E-state index in [2.05, 4.69) is 4.98 Å². The number of pyridine rings is 1. The highest BCUT2D eigenvalue weighted by Gasteiger charge is 2.22. The van der Waals surface area contributed by atoms with E-state index in [4.69, 9.17) is 4.74 Å². The number of aromatic nitrogens is 2. The molecule has 0 radical (unpaired) electrons. The monoisotopic (exact) mass is 446 g/mol. The van der Waals surface area contributed by atoms with Gasteiger partial charge in [0.1, 0.15) is 5.69 Å². The summed E-state index contributed by atoms with van der Waals surface area (Å²) in [7, 11) is -3.84. The van der Waals surface area contributed by atoms with Crippen LogP contribution in [0.2, 0.25) is 0 Å². The molecule has 2 aromatic heterocycles. The molecule has 0 bridgehead atoms. The van der Waals surface area contributed by atoms with Crippen LogP contribution in [-0.4, -0.2) is 30.0 Å². The maximum atomic E-state index is 13.3. The first-order chi connectivity index (χ1) is 15.5. The summed E-state index contributed by atoms with van der Waals surface area (Å²) in [6, 6.07) is 19.7. The van der Waals surface area contributed by atoms with Crippen molar-refractivity contribution < 1.29 is 17.9 Å². The number of hydrogen-bond acceptors (Lipinski definition) is 5. The SMILES string of the molecule is CCOC(=O)c1cc2c(/C=C/Cc3ccccc3)cn(S(=O)(=O)c3ccccc3)c2cn1. The lowest BCUT2D eigenvalue weighted by Gasteiger charge is -2.07. The number of allylic oxidation sites excluding steroid dienone is 1. The Morgan fingerprint density at radius 1 is 1.06 bits per heavy atom. The molecular formula is C25H22N2O4S. The maximum absolute atomic E-state index is 13.3. The number of fused-ring (bicyclic) bond motifs is 1. The van der Waals surface area contributed by atoms with Crippen molar-refractivity contribution in [2.75, 3.05) is 6.61 Å². The summed E-state index contributed by atoms with van der Waals surface area (Å²) in [5, 5.41) is 0.604. The lowest BCUT2D eigenvalue weighted by molar-refractivity contribution is 0.0519. The van der Waals surface area contributed by atoms with Crippen LogP contribution in [0.3, 0.4) is 0 Å². The van der Waals surface area contributed by atoms with Gasteiger partial charge in [0, 0.05) is 17.1 Å². The van der Waals surface area contributed by atoms with Crippen LogP contribution in [0.1, 0.15) is 28.5 Å². The second kappa shape index (κ2) is 9.20. The Morgan fingerprint density at radius 2 is 1.75 bits per heavy atom. The van der Waals surface area contributed by atoms with Gasteiger partial charge in [-0.3, -0.25) is 0 Å². The fourth-order valence-electron chi connectivity index (χ4n) is 3.41. The van der Waals surface area contributed by atoms with Gasteiger partial charge in [-0.25, -0.2) is 22.2 Å². The standard InChI is InChI=1S/C25H22N2O4S/c1-2-31-25(28)23-16-22-20(13-9-12-19-10-5-3-6-11-19)18-27(24(22)17-26-23)32(29,30)21-14-7-4-8-15-21/h3-11,13-18H,2,12H2,1H3/b13-9+. The molecular weight excluding hydrogens is 424 g/mol. The van der Waals surface area contributed by atoms with Crippen LogP contribution in [0.5, 0.6) is 0 Å². The average Bonchev–Trinajstić information content (AvgIpc) is 3.19. The molecule has 0 aliphatic carbocycles. The Labute approximate surface area is 186 Å². The zero-order chi connectivity index (χ0) is 22.6. The Morgan fingerprint density at radius 3 is 2.44 bits per heavy atom. The zero-order valence-electron chi connectivity index (χ0n) is 17.5. The van der Waals surface area contributed by atoms with Crippen molar-refractivity contribution in [1.29, 1.82) is 0 Å². The van der Waals surface area contributed by atoms with Crippen LogP contribution >= 0.6 is 0 Å². The van der Waals surface area contributed by atoms with Crippen molar-refractivity contribution in [3.8, 4) is 0 Å². The summed E-state index contributed by atoms with van der Waals surface area (Å²) in [5.41, 5.74) is 2.33. The molecule has 0 fully saturated rings. The Kier molecular flexibility index (Phi) is 6.18. The van der Waals surface area contributed by atoms with Gasteiger partial charge >= 0.3 is 5.97 Å². The molecule has 0 saturated heterocycles. The lowest BCUT2D eigenvalue weighted by Crippen LogP contribution is -2.12. The molecule has 0 aliphatic rings. The van der Waals surface area contributed by atoms with Crippen LogP contribution in [0.25, 0.3) is 17.0 Å². The first-order valence-corrected chi connectivity index (χ1v) is 11.6. The van der Waals surface area contributed by atoms with Crippen LogP contribution in [-0.2, 0) is 21.2 Å². The molecule has 0 spiro atoms. The molecule has 0 atom stereocenters. The molecule has 2 aromatic carbocycles. The van der Waals surface area contributed by atoms with E-state index in [0.29, 0.717) is 22.9 Å². The molecule has 32 heavy (non-hydrogen) atoms. The van der Waals surface area contributed by atoms with Gasteiger partial charge in [-0.2, -0.15) is 0 Å². The van der Waals surface area contributed by atoms with Gasteiger partial charge < -0.3 is 4.74 Å². The molecule has 0 N–H and O–H groups in total. The van der Waals surface area contributed by atoms with Crippen molar-refractivity contribution in [2.24, 2.45) is 0 Å². The summed E-state index contributed by atoms with van der Waals surface area (Å²) < 4.78 is 32.9. The molecule has 0 amide bonds. The van der Waals surface area contributed by atoms with E-state index in [-0.39, 0.29) is 17.2 Å². The van der Waals surface area contributed by atoms with E-state index >= 15 is 0 Å². The largest absolute Gasteiger partial charge is 0.461 e. The molecule has 2 heterocycles. The number of benzene rings is 2. The molecule has 4 rings (SSSR count). The third kappa shape index (κ3) is 4.33. The van der Waals surface area contributed by atoms with E-state index in [1.165, 1.54) is 10.2 Å². The van der Waals surface area contributed by atoms with E-state index in [1.807, 2.05) is 42.5 Å². The summed E-state index contributed by atoms with van der Waals surface area (Å²) in [6.07, 6.45) is 7.48. The summed E-state index contributed by atoms with van der Waals surface area (Å²) in [5.74, 6) is -0.549. The van der Waals surface area contributed by atoms with Gasteiger partial charge in [-0.05, 0) is 37.1 Å². The zero-order valence-corrected chi connectivity index (χ0v) is 18.3. The molecule has 0 unspecified atom stereocenters.